The van der Waals surface area contributed by atoms with Crippen molar-refractivity contribution in [2.45, 2.75) is 206 Å². The molecule has 0 fully saturated rings. The standard InChI is InChI=1S/C45H80O6/c1-4-5-35-42(46)36-31-27-23-19-15-12-13-17-21-25-29-33-38-45(49)51-40-43(47)39-50-44(48)37-32-28-24-20-16-11-9-7-6-8-10-14-18-22-26-30-34-41(2)3/h12-13,19,21,23,25,31,36,41-43,46-47H,4-11,14-18,20,22,24,26-30,32-35,37-40H2,1-3H3/b13-12-,23-19-,25-21-,36-31-/t42-,43-/m0/s1. The maximum absolute atomic E-state index is 12.0. The van der Waals surface area contributed by atoms with E-state index in [9.17, 15) is 19.8 Å². The quantitative estimate of drug-likeness (QED) is 0.0378. The Kier molecular flexibility index (Phi) is 37.4. The van der Waals surface area contributed by atoms with E-state index in [2.05, 4.69) is 57.2 Å². The van der Waals surface area contributed by atoms with Crippen LogP contribution in [0.3, 0.4) is 0 Å². The topological polar surface area (TPSA) is 93.1 Å². The number of ether oxygens (including phenoxy) is 2. The van der Waals surface area contributed by atoms with Gasteiger partial charge in [0.15, 0.2) is 0 Å². The Morgan fingerprint density at radius 3 is 1.39 bits per heavy atom. The Hall–Kier alpha value is -2.18. The normalized spacial score (nSPS) is 13.4. The van der Waals surface area contributed by atoms with Gasteiger partial charge in [0.05, 0.1) is 6.10 Å². The number of aliphatic hydroxyl groups is 2. The summed E-state index contributed by atoms with van der Waals surface area (Å²) < 4.78 is 10.3. The van der Waals surface area contributed by atoms with E-state index in [1.54, 1.807) is 0 Å². The van der Waals surface area contributed by atoms with Crippen molar-refractivity contribution in [2.24, 2.45) is 5.92 Å². The molecule has 0 rings (SSSR count). The maximum atomic E-state index is 12.0. The molecule has 0 radical (unpaired) electrons. The number of rotatable bonds is 37. The highest BCUT2D eigenvalue weighted by molar-refractivity contribution is 5.69. The van der Waals surface area contributed by atoms with Crippen molar-refractivity contribution in [1.29, 1.82) is 0 Å². The van der Waals surface area contributed by atoms with E-state index in [-0.39, 0.29) is 31.3 Å². The number of carbonyl (C=O) groups excluding carboxylic acids is 2. The third kappa shape index (κ3) is 40.4. The summed E-state index contributed by atoms with van der Waals surface area (Å²) in [5, 5.41) is 19.8. The van der Waals surface area contributed by atoms with Gasteiger partial charge in [-0.05, 0) is 50.9 Å². The molecule has 0 aliphatic heterocycles. The zero-order valence-corrected chi connectivity index (χ0v) is 33.4. The number of carbonyl (C=O) groups is 2. The van der Waals surface area contributed by atoms with E-state index in [0.717, 1.165) is 70.1 Å². The SMILES string of the molecule is CCCC[C@H](O)/C=C\C/C=C\C/C=C\C/C=C\CCCC(=O)OC[C@@H](O)COC(=O)CCCCCCCCCCCCCCCCCCC(C)C. The molecule has 51 heavy (non-hydrogen) atoms. The summed E-state index contributed by atoms with van der Waals surface area (Å²) in [5.41, 5.74) is 0. The molecule has 0 aromatic rings. The number of aliphatic hydroxyl groups excluding tert-OH is 2. The van der Waals surface area contributed by atoms with Gasteiger partial charge in [-0.2, -0.15) is 0 Å². The third-order valence-electron chi connectivity index (χ3n) is 9.07. The van der Waals surface area contributed by atoms with E-state index in [1.165, 1.54) is 89.9 Å². The summed E-state index contributed by atoms with van der Waals surface area (Å²) in [7, 11) is 0. The predicted octanol–water partition coefficient (Wildman–Crippen LogP) is 12.2. The molecule has 0 heterocycles. The summed E-state index contributed by atoms with van der Waals surface area (Å²) in [6.07, 6.45) is 45.1. The van der Waals surface area contributed by atoms with Crippen LogP contribution < -0.4 is 0 Å². The number of hydrogen-bond donors (Lipinski definition) is 2. The molecular formula is C45H80O6. The van der Waals surface area contributed by atoms with Crippen LogP contribution in [0.1, 0.15) is 194 Å². The summed E-state index contributed by atoms with van der Waals surface area (Å²) >= 11 is 0. The first-order valence-electron chi connectivity index (χ1n) is 21.1. The first-order valence-corrected chi connectivity index (χ1v) is 21.1. The predicted molar refractivity (Wildman–Crippen MR) is 216 cm³/mol. The van der Waals surface area contributed by atoms with Crippen molar-refractivity contribution >= 4 is 11.9 Å². The maximum Gasteiger partial charge on any atom is 0.305 e. The Morgan fingerprint density at radius 1 is 0.510 bits per heavy atom. The average molecular weight is 717 g/mol. The van der Waals surface area contributed by atoms with Crippen molar-refractivity contribution < 1.29 is 29.3 Å². The molecule has 0 spiro atoms. The zero-order chi connectivity index (χ0) is 37.5. The van der Waals surface area contributed by atoms with Crippen LogP contribution in [0, 0.1) is 5.92 Å². The van der Waals surface area contributed by atoms with Gasteiger partial charge < -0.3 is 19.7 Å². The van der Waals surface area contributed by atoms with E-state index in [0.29, 0.717) is 19.3 Å². The summed E-state index contributed by atoms with van der Waals surface area (Å²) in [6.45, 7) is 6.47. The van der Waals surface area contributed by atoms with Gasteiger partial charge in [0.1, 0.15) is 19.3 Å². The lowest BCUT2D eigenvalue weighted by Crippen LogP contribution is -2.25. The summed E-state index contributed by atoms with van der Waals surface area (Å²) in [5.74, 6) is 0.206. The van der Waals surface area contributed by atoms with Gasteiger partial charge in [0.2, 0.25) is 0 Å². The van der Waals surface area contributed by atoms with Crippen LogP contribution in [0.25, 0.3) is 0 Å². The highest BCUT2D eigenvalue weighted by atomic mass is 16.6. The lowest BCUT2D eigenvalue weighted by molar-refractivity contribution is -0.152. The molecular weight excluding hydrogens is 636 g/mol. The zero-order valence-electron chi connectivity index (χ0n) is 33.4. The molecule has 0 aliphatic carbocycles. The second-order valence-corrected chi connectivity index (χ2v) is 14.8. The molecule has 6 nitrogen and oxygen atoms in total. The molecule has 0 aromatic heterocycles. The first kappa shape index (κ1) is 48.8. The van der Waals surface area contributed by atoms with Crippen LogP contribution in [0.5, 0.6) is 0 Å². The van der Waals surface area contributed by atoms with Gasteiger partial charge in [0.25, 0.3) is 0 Å². The summed E-state index contributed by atoms with van der Waals surface area (Å²) in [6, 6.07) is 0. The number of hydrogen-bond acceptors (Lipinski definition) is 6. The Balaban J connectivity index is 3.53. The fourth-order valence-electron chi connectivity index (χ4n) is 5.81. The van der Waals surface area contributed by atoms with Gasteiger partial charge in [-0.1, -0.05) is 185 Å². The molecule has 6 heteroatoms. The number of esters is 2. The van der Waals surface area contributed by atoms with Crippen molar-refractivity contribution in [3.05, 3.63) is 48.6 Å². The lowest BCUT2D eigenvalue weighted by atomic mass is 10.0. The van der Waals surface area contributed by atoms with Crippen molar-refractivity contribution in [1.82, 2.24) is 0 Å². The molecule has 296 valence electrons. The van der Waals surface area contributed by atoms with Gasteiger partial charge in [0, 0.05) is 12.8 Å². The lowest BCUT2D eigenvalue weighted by Gasteiger charge is -2.12. The van der Waals surface area contributed by atoms with E-state index >= 15 is 0 Å². The van der Waals surface area contributed by atoms with Crippen molar-refractivity contribution in [2.75, 3.05) is 13.2 Å². The van der Waals surface area contributed by atoms with Crippen molar-refractivity contribution in [3.63, 3.8) is 0 Å². The molecule has 0 aromatic carbocycles. The Labute approximate surface area is 314 Å². The van der Waals surface area contributed by atoms with Crippen LogP contribution in [0.2, 0.25) is 0 Å². The molecule has 0 aliphatic rings. The minimum Gasteiger partial charge on any atom is -0.463 e. The van der Waals surface area contributed by atoms with Gasteiger partial charge >= 0.3 is 11.9 Å². The molecule has 0 amide bonds. The molecule has 0 saturated carbocycles. The highest BCUT2D eigenvalue weighted by Gasteiger charge is 2.12. The smallest absolute Gasteiger partial charge is 0.305 e. The number of allylic oxidation sites excluding steroid dienone is 7. The fourth-order valence-corrected chi connectivity index (χ4v) is 5.81. The molecule has 0 bridgehead atoms. The second-order valence-electron chi connectivity index (χ2n) is 14.8. The van der Waals surface area contributed by atoms with E-state index < -0.39 is 6.10 Å². The van der Waals surface area contributed by atoms with Gasteiger partial charge in [-0.3, -0.25) is 9.59 Å². The third-order valence-corrected chi connectivity index (χ3v) is 9.07. The van der Waals surface area contributed by atoms with Gasteiger partial charge in [-0.15, -0.1) is 0 Å². The van der Waals surface area contributed by atoms with Crippen LogP contribution in [0.15, 0.2) is 48.6 Å². The first-order chi connectivity index (χ1) is 24.8. The highest BCUT2D eigenvalue weighted by Crippen LogP contribution is 2.15. The van der Waals surface area contributed by atoms with Crippen molar-refractivity contribution in [3.8, 4) is 0 Å². The second kappa shape index (κ2) is 39.0. The number of unbranched alkanes of at least 4 members (excludes halogenated alkanes) is 17. The molecule has 2 atom stereocenters. The van der Waals surface area contributed by atoms with Gasteiger partial charge in [-0.25, -0.2) is 0 Å². The molecule has 0 saturated heterocycles. The monoisotopic (exact) mass is 717 g/mol. The van der Waals surface area contributed by atoms with Crippen LogP contribution in [-0.4, -0.2) is 47.6 Å². The molecule has 2 N–H and O–H groups in total. The van der Waals surface area contributed by atoms with Crippen LogP contribution >= 0.6 is 0 Å². The minimum absolute atomic E-state index is 0.142. The van der Waals surface area contributed by atoms with Crippen LogP contribution in [0.4, 0.5) is 0 Å². The Bertz CT molecular complexity index is 889. The van der Waals surface area contributed by atoms with E-state index in [4.69, 9.17) is 9.47 Å². The largest absolute Gasteiger partial charge is 0.463 e. The van der Waals surface area contributed by atoms with Crippen LogP contribution in [-0.2, 0) is 19.1 Å². The van der Waals surface area contributed by atoms with E-state index in [1.807, 2.05) is 12.2 Å². The minimum atomic E-state index is -0.997. The fraction of sp³-hybridized carbons (Fsp3) is 0.778. The molecule has 0 unspecified atom stereocenters. The average Bonchev–Trinajstić information content (AvgIpc) is 3.11. The summed E-state index contributed by atoms with van der Waals surface area (Å²) in [4.78, 5) is 24.0. The Morgan fingerprint density at radius 2 is 0.922 bits per heavy atom.